The van der Waals surface area contributed by atoms with E-state index in [9.17, 15) is 4.39 Å². The summed E-state index contributed by atoms with van der Waals surface area (Å²) in [6.07, 6.45) is 0.496. The van der Waals surface area contributed by atoms with Gasteiger partial charge in [-0.3, -0.25) is 0 Å². The summed E-state index contributed by atoms with van der Waals surface area (Å²) in [4.78, 5) is 10.9. The lowest BCUT2D eigenvalue weighted by atomic mass is 9.87. The summed E-state index contributed by atoms with van der Waals surface area (Å²) in [7, 11) is 1.80. The second-order valence-corrected chi connectivity index (χ2v) is 7.86. The Hall–Kier alpha value is -1.82. The van der Waals surface area contributed by atoms with Gasteiger partial charge < -0.3 is 10.1 Å². The predicted molar refractivity (Wildman–Crippen MR) is 86.6 cm³/mol. The van der Waals surface area contributed by atoms with E-state index in [4.69, 9.17) is 14.6 Å². The molecule has 23 heavy (non-hydrogen) atoms. The number of ether oxygens (including phenoxy) is 1. The molecule has 1 unspecified atom stereocenters. The molecule has 6 heteroatoms. The van der Waals surface area contributed by atoms with Crippen LogP contribution in [0.15, 0.2) is 23.2 Å². The third-order valence-corrected chi connectivity index (χ3v) is 3.77. The summed E-state index contributed by atoms with van der Waals surface area (Å²) in [5, 5.41) is 4.94. The Balaban J connectivity index is 2.09. The van der Waals surface area contributed by atoms with Gasteiger partial charge in [-0.15, -0.1) is 0 Å². The molecule has 0 fully saturated rings. The van der Waals surface area contributed by atoms with E-state index >= 15 is 0 Å². The standard InChI is InChI=1S/C17H24FN3O2/c1-15(2,3)19-14-20-17(23-21(14)6)10-16(4,5)22-13-8-7-11(18)9-12(13)17/h7-9H,10H2,1-6H3,(H,19,20). The van der Waals surface area contributed by atoms with Crippen molar-refractivity contribution in [2.45, 2.75) is 57.9 Å². The molecule has 0 saturated heterocycles. The maximum Gasteiger partial charge on any atom is 0.222 e. The van der Waals surface area contributed by atoms with Gasteiger partial charge in [0.2, 0.25) is 11.7 Å². The average Bonchev–Trinajstić information content (AvgIpc) is 2.64. The lowest BCUT2D eigenvalue weighted by Gasteiger charge is -2.41. The first-order chi connectivity index (χ1) is 10.5. The SMILES string of the molecule is CN1OC2(CC(C)(C)Oc3ccc(F)cc32)N=C1NC(C)(C)C. The molecule has 126 valence electrons. The van der Waals surface area contributed by atoms with Gasteiger partial charge in [0.15, 0.2) is 0 Å². The number of hydroxylamine groups is 2. The minimum Gasteiger partial charge on any atom is -0.487 e. The molecule has 1 aromatic rings. The van der Waals surface area contributed by atoms with Crippen LogP contribution in [-0.4, -0.2) is 29.2 Å². The van der Waals surface area contributed by atoms with E-state index in [1.54, 1.807) is 18.2 Å². The number of fused-ring (bicyclic) bond motifs is 2. The molecule has 2 aliphatic heterocycles. The zero-order chi connectivity index (χ0) is 17.0. The predicted octanol–water partition coefficient (Wildman–Crippen LogP) is 3.16. The lowest BCUT2D eigenvalue weighted by molar-refractivity contribution is -0.200. The third kappa shape index (κ3) is 3.00. The second-order valence-electron chi connectivity index (χ2n) is 7.86. The molecule has 1 atom stereocenters. The molecule has 0 bridgehead atoms. The molecule has 1 spiro atoms. The summed E-state index contributed by atoms with van der Waals surface area (Å²) >= 11 is 0. The van der Waals surface area contributed by atoms with Crippen molar-refractivity contribution in [3.05, 3.63) is 29.6 Å². The van der Waals surface area contributed by atoms with Crippen LogP contribution in [0.1, 0.15) is 46.6 Å². The summed E-state index contributed by atoms with van der Waals surface area (Å²) < 4.78 is 19.8. The van der Waals surface area contributed by atoms with Gasteiger partial charge in [-0.1, -0.05) is 0 Å². The largest absolute Gasteiger partial charge is 0.487 e. The third-order valence-electron chi connectivity index (χ3n) is 3.77. The van der Waals surface area contributed by atoms with E-state index < -0.39 is 11.3 Å². The Bertz CT molecular complexity index is 666. The van der Waals surface area contributed by atoms with Crippen LogP contribution in [0.3, 0.4) is 0 Å². The van der Waals surface area contributed by atoms with E-state index in [1.165, 1.54) is 12.1 Å². The Morgan fingerprint density at radius 3 is 2.65 bits per heavy atom. The molecule has 2 heterocycles. The highest BCUT2D eigenvalue weighted by molar-refractivity contribution is 5.81. The number of nitrogens with zero attached hydrogens (tertiary/aromatic N) is 2. The van der Waals surface area contributed by atoms with E-state index in [0.29, 0.717) is 23.7 Å². The number of hydrogen-bond acceptors (Lipinski definition) is 5. The first kappa shape index (κ1) is 16.1. The van der Waals surface area contributed by atoms with Crippen LogP contribution in [0.2, 0.25) is 0 Å². The van der Waals surface area contributed by atoms with Crippen LogP contribution >= 0.6 is 0 Å². The molecule has 3 rings (SSSR count). The van der Waals surface area contributed by atoms with Gasteiger partial charge in [-0.2, -0.15) is 0 Å². The smallest absolute Gasteiger partial charge is 0.222 e. The van der Waals surface area contributed by atoms with Gasteiger partial charge in [0, 0.05) is 19.0 Å². The number of rotatable bonds is 0. The molecule has 0 aliphatic carbocycles. The number of hydrogen-bond donors (Lipinski definition) is 1. The first-order valence-electron chi connectivity index (χ1n) is 7.80. The van der Waals surface area contributed by atoms with Crippen LogP contribution < -0.4 is 10.1 Å². The molecule has 0 radical (unpaired) electrons. The second kappa shape index (κ2) is 4.84. The number of guanidine groups is 1. The maximum atomic E-state index is 13.8. The van der Waals surface area contributed by atoms with Gasteiger partial charge in [0.05, 0.1) is 5.56 Å². The summed E-state index contributed by atoms with van der Waals surface area (Å²) in [5.41, 5.74) is -0.976. The van der Waals surface area contributed by atoms with Gasteiger partial charge in [0.1, 0.15) is 17.2 Å². The van der Waals surface area contributed by atoms with Crippen molar-refractivity contribution >= 4 is 5.96 Å². The quantitative estimate of drug-likeness (QED) is 0.797. The lowest BCUT2D eigenvalue weighted by Crippen LogP contribution is -2.46. The number of halogens is 1. The van der Waals surface area contributed by atoms with Crippen LogP contribution in [0.4, 0.5) is 4.39 Å². The molecule has 1 aromatic carbocycles. The average molecular weight is 321 g/mol. The van der Waals surface area contributed by atoms with Crippen molar-refractivity contribution < 1.29 is 14.0 Å². The van der Waals surface area contributed by atoms with Crippen LogP contribution in [0, 0.1) is 5.82 Å². The first-order valence-corrected chi connectivity index (χ1v) is 7.80. The van der Waals surface area contributed by atoms with Crippen molar-refractivity contribution in [3.8, 4) is 5.75 Å². The zero-order valence-electron chi connectivity index (χ0n) is 14.5. The summed E-state index contributed by atoms with van der Waals surface area (Å²) in [5.74, 6) is 0.910. The minimum atomic E-state index is -0.971. The fraction of sp³-hybridized carbons (Fsp3) is 0.588. The van der Waals surface area contributed by atoms with Crippen molar-refractivity contribution in [2.24, 2.45) is 4.99 Å². The van der Waals surface area contributed by atoms with Crippen molar-refractivity contribution in [1.82, 2.24) is 10.4 Å². The van der Waals surface area contributed by atoms with Crippen LogP contribution in [0.25, 0.3) is 0 Å². The highest BCUT2D eigenvalue weighted by Gasteiger charge is 2.52. The Morgan fingerprint density at radius 1 is 1.30 bits per heavy atom. The Kier molecular flexibility index (Phi) is 3.38. The van der Waals surface area contributed by atoms with Gasteiger partial charge in [-0.05, 0) is 52.8 Å². The highest BCUT2D eigenvalue weighted by atomic mass is 19.1. The number of aliphatic imine (C=N–C) groups is 1. The van der Waals surface area contributed by atoms with Gasteiger partial charge in [-0.25, -0.2) is 19.3 Å². The molecule has 2 aliphatic rings. The van der Waals surface area contributed by atoms with E-state index in [0.717, 1.165) is 0 Å². The molecular formula is C17H24FN3O2. The molecule has 5 nitrogen and oxygen atoms in total. The molecule has 0 amide bonds. The van der Waals surface area contributed by atoms with Crippen molar-refractivity contribution in [2.75, 3.05) is 7.05 Å². The Morgan fingerprint density at radius 2 is 2.00 bits per heavy atom. The zero-order valence-corrected chi connectivity index (χ0v) is 14.5. The molecule has 0 aromatic heterocycles. The molecular weight excluding hydrogens is 297 g/mol. The van der Waals surface area contributed by atoms with E-state index in [1.807, 2.05) is 13.8 Å². The van der Waals surface area contributed by atoms with Crippen LogP contribution in [-0.2, 0) is 10.6 Å². The number of benzene rings is 1. The molecule has 1 N–H and O–H groups in total. The van der Waals surface area contributed by atoms with Gasteiger partial charge >= 0.3 is 0 Å². The molecule has 0 saturated carbocycles. The normalized spacial score (nSPS) is 25.9. The fourth-order valence-corrected chi connectivity index (χ4v) is 3.06. The highest BCUT2D eigenvalue weighted by Crippen LogP contribution is 2.49. The topological polar surface area (TPSA) is 46.1 Å². The minimum absolute atomic E-state index is 0.159. The summed E-state index contributed by atoms with van der Waals surface area (Å²) in [6.45, 7) is 10.1. The summed E-state index contributed by atoms with van der Waals surface area (Å²) in [6, 6.07) is 4.48. The monoisotopic (exact) mass is 321 g/mol. The fourth-order valence-electron chi connectivity index (χ4n) is 3.06. The van der Waals surface area contributed by atoms with Crippen molar-refractivity contribution in [1.29, 1.82) is 0 Å². The van der Waals surface area contributed by atoms with E-state index in [-0.39, 0.29) is 11.4 Å². The van der Waals surface area contributed by atoms with E-state index in [2.05, 4.69) is 26.1 Å². The Labute approximate surface area is 136 Å². The maximum absolute atomic E-state index is 13.8. The van der Waals surface area contributed by atoms with Crippen molar-refractivity contribution in [3.63, 3.8) is 0 Å². The number of nitrogens with one attached hydrogen (secondary N) is 1. The van der Waals surface area contributed by atoms with Crippen LogP contribution in [0.5, 0.6) is 5.75 Å². The van der Waals surface area contributed by atoms with Gasteiger partial charge in [0.25, 0.3) is 0 Å².